The summed E-state index contributed by atoms with van der Waals surface area (Å²) in [6, 6.07) is 0. The first-order chi connectivity index (χ1) is 5.84. The SMILES string of the molecule is NC(=NCCO)N1CCNCC1. The standard InChI is InChI=1S/C7H16N4O/c8-7(10-3-6-12)11-4-1-9-2-5-11/h9,12H,1-6H2,(H2,8,10). The fraction of sp³-hybridized carbons (Fsp3) is 0.857. The Hall–Kier alpha value is -0.810. The first kappa shape index (κ1) is 9.28. The van der Waals surface area contributed by atoms with E-state index >= 15 is 0 Å². The van der Waals surface area contributed by atoms with Gasteiger partial charge in [0.05, 0.1) is 13.2 Å². The van der Waals surface area contributed by atoms with Crippen LogP contribution in [0.1, 0.15) is 0 Å². The van der Waals surface area contributed by atoms with Crippen molar-refractivity contribution < 1.29 is 5.11 Å². The summed E-state index contributed by atoms with van der Waals surface area (Å²) in [7, 11) is 0. The Morgan fingerprint density at radius 3 is 2.75 bits per heavy atom. The largest absolute Gasteiger partial charge is 0.394 e. The lowest BCUT2D eigenvalue weighted by molar-refractivity contribution is 0.304. The maximum Gasteiger partial charge on any atom is 0.191 e. The van der Waals surface area contributed by atoms with Crippen molar-refractivity contribution in [3.8, 4) is 0 Å². The van der Waals surface area contributed by atoms with Gasteiger partial charge in [0.2, 0.25) is 0 Å². The van der Waals surface area contributed by atoms with Crippen LogP contribution in [0.2, 0.25) is 0 Å². The van der Waals surface area contributed by atoms with Gasteiger partial charge in [0.25, 0.3) is 0 Å². The molecule has 1 rings (SSSR count). The Bertz CT molecular complexity index is 153. The van der Waals surface area contributed by atoms with Crippen molar-refractivity contribution in [1.82, 2.24) is 10.2 Å². The van der Waals surface area contributed by atoms with Gasteiger partial charge in [0.1, 0.15) is 0 Å². The van der Waals surface area contributed by atoms with E-state index in [9.17, 15) is 0 Å². The summed E-state index contributed by atoms with van der Waals surface area (Å²) in [5.74, 6) is 0.547. The molecule has 0 unspecified atom stereocenters. The number of guanidine groups is 1. The molecule has 1 aliphatic rings. The third-order valence-corrected chi connectivity index (χ3v) is 1.81. The predicted molar refractivity (Wildman–Crippen MR) is 48.0 cm³/mol. The van der Waals surface area contributed by atoms with Crippen LogP contribution in [0.15, 0.2) is 4.99 Å². The smallest absolute Gasteiger partial charge is 0.191 e. The number of piperazine rings is 1. The molecule has 0 saturated carbocycles. The monoisotopic (exact) mass is 172 g/mol. The molecule has 0 aromatic rings. The van der Waals surface area contributed by atoms with Crippen LogP contribution < -0.4 is 11.1 Å². The minimum atomic E-state index is 0.0623. The first-order valence-corrected chi connectivity index (χ1v) is 4.21. The van der Waals surface area contributed by atoms with E-state index < -0.39 is 0 Å². The summed E-state index contributed by atoms with van der Waals surface area (Å²) in [5.41, 5.74) is 5.67. The second kappa shape index (κ2) is 4.95. The average Bonchev–Trinajstić information content (AvgIpc) is 2.15. The van der Waals surface area contributed by atoms with E-state index in [1.165, 1.54) is 0 Å². The van der Waals surface area contributed by atoms with E-state index in [0.29, 0.717) is 12.5 Å². The lowest BCUT2D eigenvalue weighted by Gasteiger charge is -2.28. The van der Waals surface area contributed by atoms with E-state index in [2.05, 4.69) is 10.3 Å². The number of nitrogens with zero attached hydrogens (tertiary/aromatic N) is 2. The van der Waals surface area contributed by atoms with E-state index in [1.54, 1.807) is 0 Å². The Morgan fingerprint density at radius 2 is 2.17 bits per heavy atom. The van der Waals surface area contributed by atoms with E-state index in [0.717, 1.165) is 26.2 Å². The summed E-state index contributed by atoms with van der Waals surface area (Å²) >= 11 is 0. The first-order valence-electron chi connectivity index (χ1n) is 4.21. The Balaban J connectivity index is 2.33. The van der Waals surface area contributed by atoms with Crippen LogP contribution in [0.5, 0.6) is 0 Å². The van der Waals surface area contributed by atoms with Gasteiger partial charge in [-0.3, -0.25) is 4.99 Å². The zero-order chi connectivity index (χ0) is 8.81. The molecule has 0 aromatic heterocycles. The highest BCUT2D eigenvalue weighted by molar-refractivity contribution is 5.78. The highest BCUT2D eigenvalue weighted by Crippen LogP contribution is 1.90. The molecule has 0 aromatic carbocycles. The molecule has 0 amide bonds. The van der Waals surface area contributed by atoms with Gasteiger partial charge in [-0.15, -0.1) is 0 Å². The van der Waals surface area contributed by atoms with Crippen LogP contribution in [0.25, 0.3) is 0 Å². The minimum absolute atomic E-state index is 0.0623. The van der Waals surface area contributed by atoms with Crippen LogP contribution in [-0.4, -0.2) is 55.3 Å². The number of nitrogens with one attached hydrogen (secondary N) is 1. The highest BCUT2D eigenvalue weighted by Gasteiger charge is 2.10. The second-order valence-corrected chi connectivity index (χ2v) is 2.70. The molecule has 0 atom stereocenters. The van der Waals surface area contributed by atoms with Gasteiger partial charge in [-0.1, -0.05) is 0 Å². The number of aliphatic hydroxyl groups excluding tert-OH is 1. The van der Waals surface area contributed by atoms with Crippen LogP contribution in [0.3, 0.4) is 0 Å². The summed E-state index contributed by atoms with van der Waals surface area (Å²) in [6.45, 7) is 4.18. The van der Waals surface area contributed by atoms with E-state index in [4.69, 9.17) is 10.8 Å². The topological polar surface area (TPSA) is 73.9 Å². The fourth-order valence-corrected chi connectivity index (χ4v) is 1.16. The van der Waals surface area contributed by atoms with E-state index in [1.807, 2.05) is 4.90 Å². The van der Waals surface area contributed by atoms with Crippen molar-refractivity contribution in [2.75, 3.05) is 39.3 Å². The van der Waals surface area contributed by atoms with Crippen molar-refractivity contribution in [2.24, 2.45) is 10.7 Å². The molecule has 12 heavy (non-hydrogen) atoms. The Labute approximate surface area is 72.3 Å². The fourth-order valence-electron chi connectivity index (χ4n) is 1.16. The molecule has 1 fully saturated rings. The van der Waals surface area contributed by atoms with E-state index in [-0.39, 0.29) is 6.61 Å². The third kappa shape index (κ3) is 2.67. The molecule has 4 N–H and O–H groups in total. The molecule has 1 saturated heterocycles. The van der Waals surface area contributed by atoms with Crippen LogP contribution in [-0.2, 0) is 0 Å². The molecule has 5 nitrogen and oxygen atoms in total. The second-order valence-electron chi connectivity index (χ2n) is 2.70. The van der Waals surface area contributed by atoms with Crippen LogP contribution in [0.4, 0.5) is 0 Å². The molecule has 5 heteroatoms. The van der Waals surface area contributed by atoms with Crippen molar-refractivity contribution in [3.05, 3.63) is 0 Å². The lowest BCUT2D eigenvalue weighted by Crippen LogP contribution is -2.49. The predicted octanol–water partition coefficient (Wildman–Crippen LogP) is -1.80. The molecule has 0 spiro atoms. The van der Waals surface area contributed by atoms with Gasteiger partial charge in [-0.25, -0.2) is 0 Å². The number of nitrogens with two attached hydrogens (primary N) is 1. The minimum Gasteiger partial charge on any atom is -0.394 e. The average molecular weight is 172 g/mol. The maximum absolute atomic E-state index is 8.52. The van der Waals surface area contributed by atoms with Gasteiger partial charge < -0.3 is 21.1 Å². The molecule has 70 valence electrons. The van der Waals surface area contributed by atoms with Crippen molar-refractivity contribution in [2.45, 2.75) is 0 Å². The molecule has 0 radical (unpaired) electrons. The number of rotatable bonds is 2. The summed E-state index contributed by atoms with van der Waals surface area (Å²) < 4.78 is 0. The van der Waals surface area contributed by atoms with Crippen LogP contribution >= 0.6 is 0 Å². The molecule has 1 heterocycles. The number of hydrogen-bond donors (Lipinski definition) is 3. The van der Waals surface area contributed by atoms with Gasteiger partial charge in [-0.05, 0) is 0 Å². The van der Waals surface area contributed by atoms with Crippen molar-refractivity contribution in [1.29, 1.82) is 0 Å². The zero-order valence-electron chi connectivity index (χ0n) is 7.16. The Morgan fingerprint density at radius 1 is 1.50 bits per heavy atom. The Kier molecular flexibility index (Phi) is 3.83. The van der Waals surface area contributed by atoms with Crippen LogP contribution in [0, 0.1) is 0 Å². The lowest BCUT2D eigenvalue weighted by atomic mass is 10.4. The van der Waals surface area contributed by atoms with Gasteiger partial charge in [0.15, 0.2) is 5.96 Å². The molecular formula is C7H16N4O. The molecule has 0 aliphatic carbocycles. The zero-order valence-corrected chi connectivity index (χ0v) is 7.16. The quantitative estimate of drug-likeness (QED) is 0.339. The van der Waals surface area contributed by atoms with Crippen molar-refractivity contribution in [3.63, 3.8) is 0 Å². The summed E-state index contributed by atoms with van der Waals surface area (Å²) in [4.78, 5) is 6.03. The number of hydrogen-bond acceptors (Lipinski definition) is 3. The molecular weight excluding hydrogens is 156 g/mol. The summed E-state index contributed by atoms with van der Waals surface area (Å²) in [6.07, 6.45) is 0. The third-order valence-electron chi connectivity index (χ3n) is 1.81. The molecule has 0 bridgehead atoms. The van der Waals surface area contributed by atoms with Gasteiger partial charge >= 0.3 is 0 Å². The van der Waals surface area contributed by atoms with Gasteiger partial charge in [0, 0.05) is 26.2 Å². The normalized spacial score (nSPS) is 19.8. The summed E-state index contributed by atoms with van der Waals surface area (Å²) in [5, 5.41) is 11.7. The number of aliphatic hydroxyl groups is 1. The van der Waals surface area contributed by atoms with Gasteiger partial charge in [-0.2, -0.15) is 0 Å². The highest BCUT2D eigenvalue weighted by atomic mass is 16.3. The maximum atomic E-state index is 8.52. The van der Waals surface area contributed by atoms with Crippen molar-refractivity contribution >= 4 is 5.96 Å². The number of aliphatic imine (C=N–C) groups is 1. The molecule has 1 aliphatic heterocycles.